The average molecular weight is 597 g/mol. The molecule has 3 heterocycles. The van der Waals surface area contributed by atoms with Crippen LogP contribution in [0.3, 0.4) is 0 Å². The number of carbonyl (C=O) groups is 2. The fourth-order valence-electron chi connectivity index (χ4n) is 4.55. The molecule has 0 spiro atoms. The molecule has 2 N–H and O–H groups in total. The maximum Gasteiger partial charge on any atom is 0.252 e. The predicted octanol–water partition coefficient (Wildman–Crippen LogP) is 5.62. The van der Waals surface area contributed by atoms with Crippen molar-refractivity contribution in [1.82, 2.24) is 30.5 Å². The van der Waals surface area contributed by atoms with Crippen LogP contribution in [0, 0.1) is 5.82 Å². The third-order valence-electron chi connectivity index (χ3n) is 6.59. The van der Waals surface area contributed by atoms with E-state index in [4.69, 9.17) is 0 Å². The normalized spacial score (nSPS) is 14.4. The summed E-state index contributed by atoms with van der Waals surface area (Å²) in [7, 11) is 0. The van der Waals surface area contributed by atoms with E-state index in [0.29, 0.717) is 16.5 Å². The maximum atomic E-state index is 13.7. The van der Waals surface area contributed by atoms with E-state index in [1.807, 2.05) is 76.7 Å². The largest absolute Gasteiger partial charge is 0.345 e. The van der Waals surface area contributed by atoms with Crippen LogP contribution < -0.4 is 10.7 Å². The molecule has 0 saturated carbocycles. The molecule has 0 saturated heterocycles. The van der Waals surface area contributed by atoms with Gasteiger partial charge in [-0.3, -0.25) is 19.6 Å². The summed E-state index contributed by atoms with van der Waals surface area (Å²) in [5.74, 6) is -0.137. The van der Waals surface area contributed by atoms with Gasteiger partial charge in [0.2, 0.25) is 0 Å². The van der Waals surface area contributed by atoms with E-state index in [1.165, 1.54) is 23.9 Å². The van der Waals surface area contributed by atoms with Crippen molar-refractivity contribution in [1.29, 1.82) is 0 Å². The summed E-state index contributed by atoms with van der Waals surface area (Å²) in [5.41, 5.74) is 6.22. The van der Waals surface area contributed by atoms with E-state index in [1.54, 1.807) is 40.6 Å². The molecule has 42 heavy (non-hydrogen) atoms. The van der Waals surface area contributed by atoms with Crippen molar-refractivity contribution in [3.8, 4) is 5.69 Å². The predicted molar refractivity (Wildman–Crippen MR) is 161 cm³/mol. The minimum absolute atomic E-state index is 0.0671. The summed E-state index contributed by atoms with van der Waals surface area (Å²) in [6.07, 6.45) is 1.97. The van der Waals surface area contributed by atoms with E-state index >= 15 is 0 Å². The topological polar surface area (TPSA) is 92.2 Å². The van der Waals surface area contributed by atoms with Gasteiger partial charge in [-0.25, -0.2) is 9.40 Å². The Kier molecular flexibility index (Phi) is 8.11. The van der Waals surface area contributed by atoms with Gasteiger partial charge in [0.05, 0.1) is 28.9 Å². The number of aromatic nitrogens is 3. The summed E-state index contributed by atoms with van der Waals surface area (Å²) in [4.78, 5) is 27.3. The first-order chi connectivity index (χ1) is 20.6. The highest BCUT2D eigenvalue weighted by atomic mass is 32.2. The summed E-state index contributed by atoms with van der Waals surface area (Å²) < 4.78 is 15.5. The van der Waals surface area contributed by atoms with Crippen molar-refractivity contribution in [3.63, 3.8) is 0 Å². The van der Waals surface area contributed by atoms with Crippen molar-refractivity contribution >= 4 is 40.6 Å². The number of benzene rings is 3. The Balaban J connectivity index is 1.21. The summed E-state index contributed by atoms with van der Waals surface area (Å²) in [6, 6.07) is 28.2. The van der Waals surface area contributed by atoms with Gasteiger partial charge in [-0.1, -0.05) is 66.4 Å². The monoisotopic (exact) mass is 596 g/mol. The fourth-order valence-corrected chi connectivity index (χ4v) is 6.08. The lowest BCUT2D eigenvalue weighted by atomic mass is 10.1. The highest BCUT2D eigenvalue weighted by Crippen LogP contribution is 2.34. The molecule has 8 nitrogen and oxygen atoms in total. The van der Waals surface area contributed by atoms with Gasteiger partial charge in [-0.05, 0) is 59.5 Å². The molecule has 1 aliphatic heterocycles. The molecule has 1 unspecified atom stereocenters. The summed E-state index contributed by atoms with van der Waals surface area (Å²) >= 11 is 2.82. The smallest absolute Gasteiger partial charge is 0.252 e. The fraction of sp³-hybridized carbons (Fsp3) is 0.0968. The van der Waals surface area contributed by atoms with Crippen LogP contribution in [0.1, 0.15) is 32.7 Å². The van der Waals surface area contributed by atoms with Gasteiger partial charge in [0.25, 0.3) is 11.8 Å². The molecular weight excluding hydrogens is 572 g/mol. The minimum atomic E-state index is -0.411. The van der Waals surface area contributed by atoms with Crippen LogP contribution in [0.4, 0.5) is 4.39 Å². The number of amides is 2. The quantitative estimate of drug-likeness (QED) is 0.215. The Morgan fingerprint density at radius 1 is 0.929 bits per heavy atom. The van der Waals surface area contributed by atoms with Crippen LogP contribution in [-0.2, 0) is 11.3 Å². The van der Waals surface area contributed by atoms with Gasteiger partial charge in [0.15, 0.2) is 11.0 Å². The third-order valence-corrected chi connectivity index (χ3v) is 8.41. The summed E-state index contributed by atoms with van der Waals surface area (Å²) in [5, 5.41) is 15.7. The lowest BCUT2D eigenvalue weighted by molar-refractivity contribution is -0.131. The second-order valence-electron chi connectivity index (χ2n) is 9.34. The highest BCUT2D eigenvalue weighted by molar-refractivity contribution is 7.99. The van der Waals surface area contributed by atoms with Crippen molar-refractivity contribution < 1.29 is 14.0 Å². The number of rotatable bonds is 9. The number of carbonyl (C=O) groups excluding carboxylic acids is 2. The molecule has 0 fully saturated rings. The van der Waals surface area contributed by atoms with Gasteiger partial charge in [0.1, 0.15) is 5.82 Å². The Bertz CT molecular complexity index is 1710. The van der Waals surface area contributed by atoms with Crippen LogP contribution in [-0.4, -0.2) is 37.3 Å². The zero-order chi connectivity index (χ0) is 28.9. The zero-order valence-corrected chi connectivity index (χ0v) is 23.8. The van der Waals surface area contributed by atoms with Crippen LogP contribution in [0.2, 0.25) is 0 Å². The van der Waals surface area contributed by atoms with Crippen LogP contribution in [0.5, 0.6) is 0 Å². The number of para-hydroxylation sites is 1. The van der Waals surface area contributed by atoms with Gasteiger partial charge >= 0.3 is 0 Å². The zero-order valence-electron chi connectivity index (χ0n) is 22.2. The molecule has 210 valence electrons. The number of thioether (sulfide) groups is 1. The first-order valence-electron chi connectivity index (χ1n) is 13.1. The number of nitrogens with one attached hydrogen (secondary N) is 2. The summed E-state index contributed by atoms with van der Waals surface area (Å²) in [6.45, 7) is 0.151. The Hall–Kier alpha value is -4.74. The number of hydrogen-bond acceptors (Lipinski definition) is 7. The first-order valence-corrected chi connectivity index (χ1v) is 15.0. The minimum Gasteiger partial charge on any atom is -0.345 e. The van der Waals surface area contributed by atoms with Gasteiger partial charge in [0, 0.05) is 11.3 Å². The van der Waals surface area contributed by atoms with E-state index in [-0.39, 0.29) is 29.9 Å². The third kappa shape index (κ3) is 5.97. The van der Waals surface area contributed by atoms with Crippen LogP contribution in [0.15, 0.2) is 114 Å². The van der Waals surface area contributed by atoms with E-state index in [9.17, 15) is 14.0 Å². The number of thiophene rings is 1. The number of nitrogens with zero attached hydrogens (tertiary/aromatic N) is 4. The van der Waals surface area contributed by atoms with Crippen molar-refractivity contribution in [2.45, 2.75) is 17.7 Å². The number of hydrogen-bond donors (Lipinski definition) is 2. The Labute approximate surface area is 249 Å². The second-order valence-corrected chi connectivity index (χ2v) is 11.2. The second kappa shape index (κ2) is 12.4. The van der Waals surface area contributed by atoms with Gasteiger partial charge in [-0.2, -0.15) is 0 Å². The molecule has 0 aliphatic carbocycles. The molecule has 5 aromatic rings. The molecular formula is C31H25FN6O2S2. The standard InChI is InChI=1S/C31H25FN6O2S2/c32-23-15-13-21(14-16-23)26-18-25(27-12-7-17-41-27)36-38(26)29(39)20-42-31-35-34-28(37(31)24-10-5-2-6-11-24)19-33-30(40)22-8-3-1-4-9-22/h1-18,26,36H,19-20H2,(H,33,40). The first kappa shape index (κ1) is 27.4. The molecule has 0 radical (unpaired) electrons. The average Bonchev–Trinajstić information content (AvgIpc) is 3.80. The molecule has 2 amide bonds. The number of hydrazine groups is 1. The molecule has 1 atom stereocenters. The highest BCUT2D eigenvalue weighted by Gasteiger charge is 2.31. The Morgan fingerprint density at radius 3 is 2.38 bits per heavy atom. The lowest BCUT2D eigenvalue weighted by Crippen LogP contribution is -2.40. The van der Waals surface area contributed by atoms with Crippen molar-refractivity contribution in [2.75, 3.05) is 5.75 Å². The van der Waals surface area contributed by atoms with Crippen LogP contribution >= 0.6 is 23.1 Å². The Morgan fingerprint density at radius 2 is 1.67 bits per heavy atom. The van der Waals surface area contributed by atoms with Crippen molar-refractivity contribution in [3.05, 3.63) is 136 Å². The van der Waals surface area contributed by atoms with Gasteiger partial charge in [-0.15, -0.1) is 21.5 Å². The molecule has 1 aliphatic rings. The van der Waals surface area contributed by atoms with E-state index in [0.717, 1.165) is 21.8 Å². The number of halogens is 1. The van der Waals surface area contributed by atoms with Gasteiger partial charge < -0.3 is 5.32 Å². The maximum absolute atomic E-state index is 13.7. The molecule has 6 rings (SSSR count). The lowest BCUT2D eigenvalue weighted by Gasteiger charge is -2.25. The molecule has 3 aromatic carbocycles. The SMILES string of the molecule is O=C(NCc1nnc(SCC(=O)N2NC(c3cccs3)=CC2c2ccc(F)cc2)n1-c1ccccc1)c1ccccc1. The van der Waals surface area contributed by atoms with E-state index < -0.39 is 6.04 Å². The van der Waals surface area contributed by atoms with Crippen molar-refractivity contribution in [2.24, 2.45) is 0 Å². The molecule has 11 heteroatoms. The molecule has 0 bridgehead atoms. The molecule has 2 aromatic heterocycles. The van der Waals surface area contributed by atoms with Crippen LogP contribution in [0.25, 0.3) is 11.4 Å². The van der Waals surface area contributed by atoms with E-state index in [2.05, 4.69) is 20.9 Å².